The minimum Gasteiger partial charge on any atom is -0.379 e. The average molecular weight is 433 g/mol. The summed E-state index contributed by atoms with van der Waals surface area (Å²) in [5.74, 6) is 0.962. The molecule has 31 heavy (non-hydrogen) atoms. The molecular weight excluding hydrogens is 392 g/mol. The Labute approximate surface area is 187 Å². The van der Waals surface area contributed by atoms with Crippen LogP contribution in [0.4, 0.5) is 0 Å². The monoisotopic (exact) mass is 432 g/mol. The van der Waals surface area contributed by atoms with E-state index in [4.69, 9.17) is 14.5 Å². The minimum absolute atomic E-state index is 0.213. The predicted molar refractivity (Wildman–Crippen MR) is 125 cm³/mol. The molecule has 0 saturated heterocycles. The standard InChI is InChI=1S/C24H40N4O3/c1-5-25-23(27-19-24(12-7-8-13-24)22(29)28(3)4)26-17-20-10-9-11-21(16-20)18-31-15-14-30-6-2/h9-11,16H,5-8,12-15,17-19H2,1-4H3,(H2,25,26,27). The molecule has 0 heterocycles. The molecule has 7 nitrogen and oxygen atoms in total. The van der Waals surface area contributed by atoms with E-state index in [9.17, 15) is 4.79 Å². The van der Waals surface area contributed by atoms with Gasteiger partial charge in [0.15, 0.2) is 5.96 Å². The normalized spacial score (nSPS) is 15.7. The van der Waals surface area contributed by atoms with Gasteiger partial charge in [0, 0.05) is 33.8 Å². The van der Waals surface area contributed by atoms with E-state index in [1.165, 1.54) is 0 Å². The van der Waals surface area contributed by atoms with Crippen LogP contribution in [-0.2, 0) is 27.4 Å². The highest BCUT2D eigenvalue weighted by molar-refractivity contribution is 5.85. The van der Waals surface area contributed by atoms with Crippen molar-refractivity contribution in [2.24, 2.45) is 10.4 Å². The lowest BCUT2D eigenvalue weighted by molar-refractivity contribution is -0.138. The molecule has 1 aliphatic carbocycles. The third-order valence-corrected chi connectivity index (χ3v) is 5.61. The van der Waals surface area contributed by atoms with E-state index in [1.54, 1.807) is 4.90 Å². The first-order valence-electron chi connectivity index (χ1n) is 11.5. The third kappa shape index (κ3) is 8.15. The Hall–Kier alpha value is -2.12. The summed E-state index contributed by atoms with van der Waals surface area (Å²) in [6, 6.07) is 8.30. The Kier molecular flexibility index (Phi) is 10.8. The molecular formula is C24H40N4O3. The van der Waals surface area contributed by atoms with Gasteiger partial charge in [0.2, 0.25) is 5.91 Å². The zero-order valence-electron chi connectivity index (χ0n) is 19.7. The van der Waals surface area contributed by atoms with Gasteiger partial charge in [0.05, 0.1) is 31.8 Å². The first-order chi connectivity index (χ1) is 15.0. The van der Waals surface area contributed by atoms with E-state index < -0.39 is 0 Å². The lowest BCUT2D eigenvalue weighted by atomic mass is 9.84. The zero-order valence-corrected chi connectivity index (χ0v) is 19.7. The second-order valence-corrected chi connectivity index (χ2v) is 8.31. The summed E-state index contributed by atoms with van der Waals surface area (Å²) in [5.41, 5.74) is 1.94. The van der Waals surface area contributed by atoms with Gasteiger partial charge in [0.1, 0.15) is 0 Å². The highest BCUT2D eigenvalue weighted by Gasteiger charge is 2.42. The maximum absolute atomic E-state index is 12.8. The van der Waals surface area contributed by atoms with Gasteiger partial charge in [-0.05, 0) is 37.8 Å². The Bertz CT molecular complexity index is 700. The molecule has 7 heteroatoms. The number of hydrogen-bond acceptors (Lipinski definition) is 4. The minimum atomic E-state index is -0.321. The number of guanidine groups is 1. The van der Waals surface area contributed by atoms with Gasteiger partial charge in [-0.3, -0.25) is 4.79 Å². The van der Waals surface area contributed by atoms with Crippen LogP contribution in [-0.4, -0.2) is 63.8 Å². The largest absolute Gasteiger partial charge is 0.379 e. The van der Waals surface area contributed by atoms with Crippen LogP contribution < -0.4 is 10.6 Å². The average Bonchev–Trinajstić information content (AvgIpc) is 3.25. The molecule has 1 aromatic rings. The number of carbonyl (C=O) groups is 1. The first kappa shape index (κ1) is 25.1. The lowest BCUT2D eigenvalue weighted by Gasteiger charge is -2.31. The highest BCUT2D eigenvalue weighted by Crippen LogP contribution is 2.38. The van der Waals surface area contributed by atoms with E-state index in [0.29, 0.717) is 39.5 Å². The number of ether oxygens (including phenoxy) is 2. The summed E-state index contributed by atoms with van der Waals surface area (Å²) in [6.45, 7) is 8.48. The summed E-state index contributed by atoms with van der Waals surface area (Å²) in [5, 5.41) is 6.74. The van der Waals surface area contributed by atoms with Crippen molar-refractivity contribution in [1.82, 2.24) is 15.5 Å². The molecule has 1 saturated carbocycles. The molecule has 1 amide bonds. The third-order valence-electron chi connectivity index (χ3n) is 5.61. The second kappa shape index (κ2) is 13.3. The van der Waals surface area contributed by atoms with Crippen molar-refractivity contribution in [1.29, 1.82) is 0 Å². The van der Waals surface area contributed by atoms with E-state index in [1.807, 2.05) is 34.0 Å². The lowest BCUT2D eigenvalue weighted by Crippen LogP contribution is -2.49. The number of carbonyl (C=O) groups excluding carboxylic acids is 1. The van der Waals surface area contributed by atoms with Gasteiger partial charge >= 0.3 is 0 Å². The van der Waals surface area contributed by atoms with E-state index in [-0.39, 0.29) is 11.3 Å². The topological polar surface area (TPSA) is 75.2 Å². The van der Waals surface area contributed by atoms with Crippen LogP contribution in [0.1, 0.15) is 50.7 Å². The van der Waals surface area contributed by atoms with Crippen molar-refractivity contribution < 1.29 is 14.3 Å². The number of nitrogens with one attached hydrogen (secondary N) is 2. The van der Waals surface area contributed by atoms with E-state index in [2.05, 4.69) is 28.8 Å². The van der Waals surface area contributed by atoms with Gasteiger partial charge in [-0.2, -0.15) is 0 Å². The number of amides is 1. The summed E-state index contributed by atoms with van der Waals surface area (Å²) in [4.78, 5) is 19.3. The molecule has 0 spiro atoms. The van der Waals surface area contributed by atoms with Gasteiger partial charge < -0.3 is 25.0 Å². The first-order valence-corrected chi connectivity index (χ1v) is 11.5. The fourth-order valence-electron chi connectivity index (χ4n) is 4.03. The molecule has 0 aromatic heterocycles. The number of hydrogen-bond donors (Lipinski definition) is 2. The number of nitrogens with zero attached hydrogens (tertiary/aromatic N) is 2. The summed E-state index contributed by atoms with van der Waals surface area (Å²) >= 11 is 0. The molecule has 0 aliphatic heterocycles. The Balaban J connectivity index is 1.95. The van der Waals surface area contributed by atoms with Gasteiger partial charge in [-0.1, -0.05) is 37.1 Å². The van der Waals surface area contributed by atoms with E-state index in [0.717, 1.165) is 49.3 Å². The van der Waals surface area contributed by atoms with Gasteiger partial charge in [-0.15, -0.1) is 0 Å². The zero-order chi connectivity index (χ0) is 22.5. The van der Waals surface area contributed by atoms with Crippen molar-refractivity contribution >= 4 is 11.9 Å². The molecule has 1 aromatic carbocycles. The van der Waals surface area contributed by atoms with Crippen LogP contribution in [0.15, 0.2) is 29.3 Å². The smallest absolute Gasteiger partial charge is 0.230 e. The Morgan fingerprint density at radius 1 is 1.10 bits per heavy atom. The molecule has 0 unspecified atom stereocenters. The maximum Gasteiger partial charge on any atom is 0.230 e. The van der Waals surface area contributed by atoms with Crippen molar-refractivity contribution in [2.45, 2.75) is 52.7 Å². The molecule has 1 fully saturated rings. The van der Waals surface area contributed by atoms with Gasteiger partial charge in [0.25, 0.3) is 0 Å². The fourth-order valence-corrected chi connectivity index (χ4v) is 4.03. The van der Waals surface area contributed by atoms with Gasteiger partial charge in [-0.25, -0.2) is 4.99 Å². The van der Waals surface area contributed by atoms with Crippen LogP contribution in [0.25, 0.3) is 0 Å². The summed E-state index contributed by atoms with van der Waals surface area (Å²) < 4.78 is 11.0. The number of benzene rings is 1. The van der Waals surface area contributed by atoms with Crippen LogP contribution in [0.5, 0.6) is 0 Å². The predicted octanol–water partition coefficient (Wildman–Crippen LogP) is 2.94. The van der Waals surface area contributed by atoms with Crippen molar-refractivity contribution in [2.75, 3.05) is 47.0 Å². The van der Waals surface area contributed by atoms with Crippen molar-refractivity contribution in [3.8, 4) is 0 Å². The van der Waals surface area contributed by atoms with Crippen LogP contribution in [0, 0.1) is 5.41 Å². The van der Waals surface area contributed by atoms with Crippen LogP contribution >= 0.6 is 0 Å². The molecule has 2 N–H and O–H groups in total. The highest BCUT2D eigenvalue weighted by atomic mass is 16.5. The Morgan fingerprint density at radius 2 is 1.81 bits per heavy atom. The Morgan fingerprint density at radius 3 is 2.48 bits per heavy atom. The second-order valence-electron chi connectivity index (χ2n) is 8.31. The summed E-state index contributed by atoms with van der Waals surface area (Å²) in [7, 11) is 3.68. The molecule has 0 radical (unpaired) electrons. The van der Waals surface area contributed by atoms with Crippen LogP contribution in [0.3, 0.4) is 0 Å². The number of rotatable bonds is 12. The fraction of sp³-hybridized carbons (Fsp3) is 0.667. The molecule has 0 atom stereocenters. The SMILES string of the molecule is CCNC(=NCc1cccc(COCCOCC)c1)NCC1(C(=O)N(C)C)CCCC1. The quantitative estimate of drug-likeness (QED) is 0.302. The molecule has 174 valence electrons. The number of aliphatic imine (C=N–C) groups is 1. The summed E-state index contributed by atoms with van der Waals surface area (Å²) in [6.07, 6.45) is 4.08. The van der Waals surface area contributed by atoms with Crippen molar-refractivity contribution in [3.05, 3.63) is 35.4 Å². The maximum atomic E-state index is 12.8. The van der Waals surface area contributed by atoms with Crippen LogP contribution in [0.2, 0.25) is 0 Å². The van der Waals surface area contributed by atoms with E-state index >= 15 is 0 Å². The molecule has 1 aliphatic rings. The molecule has 2 rings (SSSR count). The van der Waals surface area contributed by atoms with Crippen molar-refractivity contribution in [3.63, 3.8) is 0 Å². The molecule has 0 bridgehead atoms.